The molecule has 0 saturated heterocycles. The highest BCUT2D eigenvalue weighted by atomic mass is 35.5. The lowest BCUT2D eigenvalue weighted by atomic mass is 10.2. The number of thioether (sulfide) groups is 1. The number of benzene rings is 2. The van der Waals surface area contributed by atoms with E-state index in [0.717, 1.165) is 5.56 Å². The van der Waals surface area contributed by atoms with Crippen LogP contribution >= 0.6 is 46.6 Å². The van der Waals surface area contributed by atoms with E-state index < -0.39 is 0 Å². The highest BCUT2D eigenvalue weighted by molar-refractivity contribution is 7.99. The van der Waals surface area contributed by atoms with E-state index in [0.29, 0.717) is 44.0 Å². The molecule has 0 radical (unpaired) electrons. The zero-order chi connectivity index (χ0) is 23.3. The van der Waals surface area contributed by atoms with Gasteiger partial charge in [0.05, 0.1) is 21.5 Å². The van der Waals surface area contributed by atoms with Crippen LogP contribution in [0.4, 0.5) is 5.69 Å². The summed E-state index contributed by atoms with van der Waals surface area (Å²) in [7, 11) is 0. The molecule has 0 aliphatic carbocycles. The van der Waals surface area contributed by atoms with Gasteiger partial charge in [-0.1, -0.05) is 58.7 Å². The van der Waals surface area contributed by atoms with Crippen LogP contribution in [0.5, 0.6) is 5.75 Å². The van der Waals surface area contributed by atoms with E-state index >= 15 is 0 Å². The molecule has 0 saturated carbocycles. The minimum atomic E-state index is -0.378. The van der Waals surface area contributed by atoms with E-state index in [4.69, 9.17) is 39.5 Å². The number of anilines is 1. The van der Waals surface area contributed by atoms with Gasteiger partial charge in [-0.15, -0.1) is 16.8 Å². The van der Waals surface area contributed by atoms with Crippen LogP contribution in [-0.2, 0) is 11.3 Å². The lowest BCUT2D eigenvalue weighted by Crippen LogP contribution is -2.16. The van der Waals surface area contributed by atoms with Gasteiger partial charge in [0.25, 0.3) is 0 Å². The summed E-state index contributed by atoms with van der Waals surface area (Å²) in [6.07, 6.45) is 1.36. The van der Waals surface area contributed by atoms with Gasteiger partial charge in [0.15, 0.2) is 17.1 Å². The van der Waals surface area contributed by atoms with Gasteiger partial charge in [-0.05, 0) is 49.7 Å². The van der Waals surface area contributed by atoms with Crippen molar-refractivity contribution in [3.63, 3.8) is 0 Å². The van der Waals surface area contributed by atoms with E-state index in [1.54, 1.807) is 36.4 Å². The number of aromatic nitrogens is 3. The number of hydrogen-bond acceptors (Lipinski definition) is 5. The van der Waals surface area contributed by atoms with Crippen LogP contribution in [0.1, 0.15) is 24.4 Å². The van der Waals surface area contributed by atoms with Gasteiger partial charge >= 0.3 is 0 Å². The first-order chi connectivity index (χ1) is 15.3. The molecule has 6 nitrogen and oxygen atoms in total. The summed E-state index contributed by atoms with van der Waals surface area (Å²) in [6.45, 7) is 8.07. The quantitative estimate of drug-likeness (QED) is 0.259. The third-order valence-corrected chi connectivity index (χ3v) is 6.63. The standard InChI is InChI=1S/C22H21Cl3N4O2S/c1-4-10-29-21(14(3)31-15-8-9-16(23)13(2)11-15)27-28-22(29)32-12-19(30)26-18-7-5-6-17(24)20(18)25/h4-9,11,14H,1,10,12H2,2-3H3,(H,26,30). The number of aryl methyl sites for hydroxylation is 1. The first-order valence-electron chi connectivity index (χ1n) is 9.63. The molecular weight excluding hydrogens is 491 g/mol. The van der Waals surface area contributed by atoms with Gasteiger partial charge in [-0.25, -0.2) is 0 Å². The summed E-state index contributed by atoms with van der Waals surface area (Å²) in [6, 6.07) is 10.5. The summed E-state index contributed by atoms with van der Waals surface area (Å²) in [5.41, 5.74) is 1.38. The summed E-state index contributed by atoms with van der Waals surface area (Å²) in [4.78, 5) is 12.4. The number of carbonyl (C=O) groups is 1. The average Bonchev–Trinajstić information content (AvgIpc) is 3.15. The Morgan fingerprint density at radius 2 is 2.03 bits per heavy atom. The molecule has 1 unspecified atom stereocenters. The Morgan fingerprint density at radius 1 is 1.25 bits per heavy atom. The summed E-state index contributed by atoms with van der Waals surface area (Å²) in [5.74, 6) is 1.18. The van der Waals surface area contributed by atoms with E-state index in [1.807, 2.05) is 24.5 Å². The van der Waals surface area contributed by atoms with Crippen molar-refractivity contribution >= 4 is 58.2 Å². The first-order valence-corrected chi connectivity index (χ1v) is 11.8. The van der Waals surface area contributed by atoms with Crippen LogP contribution in [0.3, 0.4) is 0 Å². The average molecular weight is 512 g/mol. The second kappa shape index (κ2) is 11.1. The Morgan fingerprint density at radius 3 is 2.75 bits per heavy atom. The molecule has 3 aromatic rings. The number of rotatable bonds is 9. The molecule has 1 N–H and O–H groups in total. The molecule has 2 aromatic carbocycles. The fraction of sp³-hybridized carbons (Fsp3) is 0.227. The van der Waals surface area contributed by atoms with E-state index in [2.05, 4.69) is 22.1 Å². The van der Waals surface area contributed by atoms with E-state index in [1.165, 1.54) is 11.8 Å². The maximum atomic E-state index is 12.4. The highest BCUT2D eigenvalue weighted by Gasteiger charge is 2.20. The molecule has 32 heavy (non-hydrogen) atoms. The molecule has 1 amide bonds. The van der Waals surface area contributed by atoms with E-state index in [-0.39, 0.29) is 17.8 Å². The molecular formula is C22H21Cl3N4O2S. The topological polar surface area (TPSA) is 69.0 Å². The maximum absolute atomic E-state index is 12.4. The molecule has 1 aromatic heterocycles. The minimum absolute atomic E-state index is 0.115. The molecule has 0 aliphatic heterocycles. The zero-order valence-corrected chi connectivity index (χ0v) is 20.5. The number of ether oxygens (including phenoxy) is 1. The Bertz CT molecular complexity index is 1140. The predicted molar refractivity (Wildman–Crippen MR) is 131 cm³/mol. The molecule has 1 heterocycles. The van der Waals surface area contributed by atoms with Crippen LogP contribution in [0.15, 0.2) is 54.2 Å². The monoisotopic (exact) mass is 510 g/mol. The summed E-state index contributed by atoms with van der Waals surface area (Å²) >= 11 is 19.5. The second-order valence-corrected chi connectivity index (χ2v) is 8.98. The normalized spacial score (nSPS) is 11.8. The van der Waals surface area contributed by atoms with Crippen LogP contribution in [0.25, 0.3) is 0 Å². The third-order valence-electron chi connectivity index (χ3n) is 4.42. The lowest BCUT2D eigenvalue weighted by molar-refractivity contribution is -0.113. The number of hydrogen-bond donors (Lipinski definition) is 1. The largest absolute Gasteiger partial charge is 0.483 e. The smallest absolute Gasteiger partial charge is 0.234 e. The minimum Gasteiger partial charge on any atom is -0.483 e. The Hall–Kier alpha value is -2.19. The molecule has 0 fully saturated rings. The predicted octanol–water partition coefficient (Wildman–Crippen LogP) is 6.60. The fourth-order valence-electron chi connectivity index (χ4n) is 2.87. The van der Waals surface area contributed by atoms with Crippen LogP contribution in [-0.4, -0.2) is 26.4 Å². The number of nitrogens with zero attached hydrogens (tertiary/aromatic N) is 3. The van der Waals surface area contributed by atoms with Gasteiger partial charge in [-0.2, -0.15) is 0 Å². The summed E-state index contributed by atoms with van der Waals surface area (Å²) in [5, 5.41) is 13.2. The molecule has 1 atom stereocenters. The van der Waals surface area contributed by atoms with Gasteiger partial charge < -0.3 is 10.1 Å². The summed E-state index contributed by atoms with van der Waals surface area (Å²) < 4.78 is 7.90. The van der Waals surface area contributed by atoms with Gasteiger partial charge in [0.1, 0.15) is 5.75 Å². The van der Waals surface area contributed by atoms with Crippen molar-refractivity contribution < 1.29 is 9.53 Å². The molecule has 0 aliphatic rings. The van der Waals surface area contributed by atoms with Crippen molar-refractivity contribution in [2.45, 2.75) is 31.7 Å². The van der Waals surface area contributed by atoms with Crippen molar-refractivity contribution in [3.05, 3.63) is 75.5 Å². The van der Waals surface area contributed by atoms with Crippen molar-refractivity contribution in [1.29, 1.82) is 0 Å². The maximum Gasteiger partial charge on any atom is 0.234 e. The SMILES string of the molecule is C=CCn1c(SCC(=O)Nc2cccc(Cl)c2Cl)nnc1C(C)Oc1ccc(Cl)c(C)c1. The van der Waals surface area contributed by atoms with Gasteiger partial charge in [0, 0.05) is 11.6 Å². The number of amides is 1. The number of halogens is 3. The lowest BCUT2D eigenvalue weighted by Gasteiger charge is -2.16. The Labute approximate surface area is 205 Å². The number of allylic oxidation sites excluding steroid dienone is 1. The Balaban J connectivity index is 1.69. The van der Waals surface area contributed by atoms with E-state index in [9.17, 15) is 4.79 Å². The second-order valence-electron chi connectivity index (χ2n) is 6.85. The number of nitrogens with one attached hydrogen (secondary N) is 1. The number of carbonyl (C=O) groups excluding carboxylic acids is 1. The molecule has 10 heteroatoms. The van der Waals surface area contributed by atoms with Crippen molar-refractivity contribution in [2.24, 2.45) is 0 Å². The van der Waals surface area contributed by atoms with Crippen LogP contribution in [0.2, 0.25) is 15.1 Å². The van der Waals surface area contributed by atoms with Crippen molar-refractivity contribution in [3.8, 4) is 5.75 Å². The molecule has 168 valence electrons. The van der Waals surface area contributed by atoms with Crippen molar-refractivity contribution in [1.82, 2.24) is 14.8 Å². The van der Waals surface area contributed by atoms with Gasteiger partial charge in [0.2, 0.25) is 5.91 Å². The first kappa shape index (κ1) is 24.5. The van der Waals surface area contributed by atoms with Crippen molar-refractivity contribution in [2.75, 3.05) is 11.1 Å². The van der Waals surface area contributed by atoms with Gasteiger partial charge in [-0.3, -0.25) is 9.36 Å². The van der Waals surface area contributed by atoms with Crippen LogP contribution in [0, 0.1) is 6.92 Å². The Kier molecular flexibility index (Phi) is 8.48. The molecule has 3 rings (SSSR count). The molecule has 0 bridgehead atoms. The zero-order valence-electron chi connectivity index (χ0n) is 17.4. The van der Waals surface area contributed by atoms with Crippen LogP contribution < -0.4 is 10.1 Å². The molecule has 0 spiro atoms. The third kappa shape index (κ3) is 5.98. The highest BCUT2D eigenvalue weighted by Crippen LogP contribution is 2.30. The fourth-order valence-corrected chi connectivity index (χ4v) is 4.09.